The molecule has 0 spiro atoms. The molecule has 2 fully saturated rings. The zero-order chi connectivity index (χ0) is 16.1. The Kier molecular flexibility index (Phi) is 5.93. The molecule has 2 aliphatic rings. The number of likely N-dealkylation sites (tertiary alicyclic amines) is 1. The number of pyridine rings is 1. The van der Waals surface area contributed by atoms with E-state index < -0.39 is 0 Å². The molecule has 3 heteroatoms. The van der Waals surface area contributed by atoms with Crippen molar-refractivity contribution in [2.24, 2.45) is 5.92 Å². The van der Waals surface area contributed by atoms with Crippen LogP contribution < -0.4 is 4.90 Å². The normalized spacial score (nSPS) is 24.0. The highest BCUT2D eigenvalue weighted by atomic mass is 15.2. The molecule has 0 aromatic carbocycles. The molecule has 3 rings (SSSR count). The van der Waals surface area contributed by atoms with Gasteiger partial charge < -0.3 is 4.90 Å². The van der Waals surface area contributed by atoms with Gasteiger partial charge in [0.25, 0.3) is 0 Å². The SMILES string of the molecule is CC(C)CN1CCCC[C@H]1c1ccc(N2CCCCCC2)nc1. The van der Waals surface area contributed by atoms with E-state index in [4.69, 9.17) is 4.98 Å². The summed E-state index contributed by atoms with van der Waals surface area (Å²) < 4.78 is 0. The number of piperidine rings is 1. The topological polar surface area (TPSA) is 19.4 Å². The van der Waals surface area contributed by atoms with Crippen molar-refractivity contribution in [2.75, 3.05) is 31.1 Å². The first-order valence-electron chi connectivity index (χ1n) is 9.69. The average Bonchev–Trinajstić information content (AvgIpc) is 2.84. The van der Waals surface area contributed by atoms with Crippen molar-refractivity contribution in [3.8, 4) is 0 Å². The lowest BCUT2D eigenvalue weighted by Gasteiger charge is -2.37. The fraction of sp³-hybridized carbons (Fsp3) is 0.750. The van der Waals surface area contributed by atoms with Crippen LogP contribution >= 0.6 is 0 Å². The fourth-order valence-corrected chi connectivity index (χ4v) is 4.14. The molecule has 2 saturated heterocycles. The van der Waals surface area contributed by atoms with E-state index in [9.17, 15) is 0 Å². The van der Waals surface area contributed by atoms with Crippen molar-refractivity contribution in [3.05, 3.63) is 23.9 Å². The molecule has 3 heterocycles. The van der Waals surface area contributed by atoms with Crippen LogP contribution in [0.2, 0.25) is 0 Å². The minimum absolute atomic E-state index is 0.580. The summed E-state index contributed by atoms with van der Waals surface area (Å²) >= 11 is 0. The van der Waals surface area contributed by atoms with Crippen LogP contribution in [-0.2, 0) is 0 Å². The largest absolute Gasteiger partial charge is 0.357 e. The Morgan fingerprint density at radius 1 is 1.00 bits per heavy atom. The van der Waals surface area contributed by atoms with Crippen LogP contribution in [0.1, 0.15) is 70.4 Å². The summed E-state index contributed by atoms with van der Waals surface area (Å²) in [5, 5.41) is 0. The Balaban J connectivity index is 1.69. The van der Waals surface area contributed by atoms with Crippen LogP contribution in [-0.4, -0.2) is 36.1 Å². The van der Waals surface area contributed by atoms with E-state index in [0.29, 0.717) is 6.04 Å². The lowest BCUT2D eigenvalue weighted by molar-refractivity contribution is 0.132. The number of anilines is 1. The zero-order valence-corrected chi connectivity index (χ0v) is 15.0. The molecule has 3 nitrogen and oxygen atoms in total. The lowest BCUT2D eigenvalue weighted by atomic mass is 9.95. The lowest BCUT2D eigenvalue weighted by Crippen LogP contribution is -2.36. The van der Waals surface area contributed by atoms with Crippen LogP contribution in [0.15, 0.2) is 18.3 Å². The summed E-state index contributed by atoms with van der Waals surface area (Å²) in [5.74, 6) is 1.92. The summed E-state index contributed by atoms with van der Waals surface area (Å²) in [5.41, 5.74) is 1.42. The van der Waals surface area contributed by atoms with E-state index in [1.165, 1.54) is 82.5 Å². The Bertz CT molecular complexity index is 460. The van der Waals surface area contributed by atoms with Gasteiger partial charge in [-0.25, -0.2) is 4.98 Å². The molecular weight excluding hydrogens is 282 g/mol. The highest BCUT2D eigenvalue weighted by molar-refractivity contribution is 5.40. The standard InChI is InChI=1S/C20H33N3/c1-17(2)16-23-14-8-5-9-19(23)18-10-11-20(21-15-18)22-12-6-3-4-7-13-22/h10-11,15,17,19H,3-9,12-14,16H2,1-2H3/t19-/m0/s1. The second-order valence-electron chi connectivity index (χ2n) is 7.75. The molecule has 0 radical (unpaired) electrons. The van der Waals surface area contributed by atoms with Gasteiger partial charge in [-0.05, 0) is 49.8 Å². The van der Waals surface area contributed by atoms with Crippen molar-refractivity contribution >= 4 is 5.82 Å². The van der Waals surface area contributed by atoms with Gasteiger partial charge in [-0.3, -0.25) is 4.90 Å². The number of hydrogen-bond acceptors (Lipinski definition) is 3. The van der Waals surface area contributed by atoms with Crippen LogP contribution in [0.4, 0.5) is 5.82 Å². The van der Waals surface area contributed by atoms with E-state index in [-0.39, 0.29) is 0 Å². The minimum atomic E-state index is 0.580. The molecular formula is C20H33N3. The van der Waals surface area contributed by atoms with Gasteiger partial charge in [0.15, 0.2) is 0 Å². The summed E-state index contributed by atoms with van der Waals surface area (Å²) in [6, 6.07) is 5.19. The number of hydrogen-bond donors (Lipinski definition) is 0. The molecule has 0 aliphatic carbocycles. The molecule has 2 aliphatic heterocycles. The summed E-state index contributed by atoms with van der Waals surface area (Å²) in [4.78, 5) is 9.99. The molecule has 0 bridgehead atoms. The van der Waals surface area contributed by atoms with Gasteiger partial charge in [0.2, 0.25) is 0 Å². The maximum atomic E-state index is 4.83. The molecule has 0 unspecified atom stereocenters. The van der Waals surface area contributed by atoms with Crippen LogP contribution in [0.25, 0.3) is 0 Å². The van der Waals surface area contributed by atoms with Crippen LogP contribution in [0, 0.1) is 5.92 Å². The quantitative estimate of drug-likeness (QED) is 0.806. The van der Waals surface area contributed by atoms with Crippen LogP contribution in [0.5, 0.6) is 0 Å². The van der Waals surface area contributed by atoms with Gasteiger partial charge in [0.05, 0.1) is 0 Å². The molecule has 1 aromatic rings. The second-order valence-corrected chi connectivity index (χ2v) is 7.75. The van der Waals surface area contributed by atoms with Crippen molar-refractivity contribution < 1.29 is 0 Å². The molecule has 23 heavy (non-hydrogen) atoms. The molecule has 0 amide bonds. The van der Waals surface area contributed by atoms with E-state index >= 15 is 0 Å². The van der Waals surface area contributed by atoms with E-state index in [2.05, 4.69) is 42.0 Å². The van der Waals surface area contributed by atoms with Gasteiger partial charge >= 0.3 is 0 Å². The molecule has 1 atom stereocenters. The maximum absolute atomic E-state index is 4.83. The Morgan fingerprint density at radius 3 is 2.39 bits per heavy atom. The highest BCUT2D eigenvalue weighted by Crippen LogP contribution is 2.31. The van der Waals surface area contributed by atoms with Crippen LogP contribution in [0.3, 0.4) is 0 Å². The van der Waals surface area contributed by atoms with Crippen molar-refractivity contribution in [2.45, 2.75) is 64.8 Å². The minimum Gasteiger partial charge on any atom is -0.357 e. The average molecular weight is 316 g/mol. The monoisotopic (exact) mass is 315 g/mol. The molecule has 0 saturated carbocycles. The van der Waals surface area contributed by atoms with Crippen molar-refractivity contribution in [1.82, 2.24) is 9.88 Å². The van der Waals surface area contributed by atoms with Crippen molar-refractivity contribution in [1.29, 1.82) is 0 Å². The van der Waals surface area contributed by atoms with Crippen molar-refractivity contribution in [3.63, 3.8) is 0 Å². The van der Waals surface area contributed by atoms with Gasteiger partial charge in [0.1, 0.15) is 5.82 Å². The Labute approximate surface area is 142 Å². The van der Waals surface area contributed by atoms with E-state index in [1.807, 2.05) is 0 Å². The van der Waals surface area contributed by atoms with E-state index in [1.54, 1.807) is 0 Å². The predicted octanol–water partition coefficient (Wildman–Crippen LogP) is 4.65. The summed E-state index contributed by atoms with van der Waals surface area (Å²) in [7, 11) is 0. The zero-order valence-electron chi connectivity index (χ0n) is 15.0. The Hall–Kier alpha value is -1.09. The highest BCUT2D eigenvalue weighted by Gasteiger charge is 2.24. The van der Waals surface area contributed by atoms with E-state index in [0.717, 1.165) is 5.92 Å². The van der Waals surface area contributed by atoms with Gasteiger partial charge in [-0.1, -0.05) is 39.2 Å². The first-order valence-corrected chi connectivity index (χ1v) is 9.69. The summed E-state index contributed by atoms with van der Waals surface area (Å²) in [6.45, 7) is 9.46. The third kappa shape index (κ3) is 4.47. The fourth-order valence-electron chi connectivity index (χ4n) is 4.14. The Morgan fingerprint density at radius 2 is 1.74 bits per heavy atom. The third-order valence-corrected chi connectivity index (χ3v) is 5.30. The number of aromatic nitrogens is 1. The van der Waals surface area contributed by atoms with Gasteiger partial charge in [-0.2, -0.15) is 0 Å². The first kappa shape index (κ1) is 16.8. The van der Waals surface area contributed by atoms with Gasteiger partial charge in [-0.15, -0.1) is 0 Å². The molecule has 0 N–H and O–H groups in total. The number of nitrogens with zero attached hydrogens (tertiary/aromatic N) is 3. The summed E-state index contributed by atoms with van der Waals surface area (Å²) in [6.07, 6.45) is 11.5. The first-order chi connectivity index (χ1) is 11.2. The third-order valence-electron chi connectivity index (χ3n) is 5.30. The molecule has 128 valence electrons. The number of rotatable bonds is 4. The second kappa shape index (κ2) is 8.14. The predicted molar refractivity (Wildman–Crippen MR) is 97.9 cm³/mol. The molecule has 1 aromatic heterocycles. The maximum Gasteiger partial charge on any atom is 0.128 e. The van der Waals surface area contributed by atoms with Gasteiger partial charge in [0, 0.05) is 31.9 Å². The smallest absolute Gasteiger partial charge is 0.128 e.